The summed E-state index contributed by atoms with van der Waals surface area (Å²) in [6, 6.07) is 0. The number of aromatic nitrogens is 1. The number of nitrogens with one attached hydrogen (secondary N) is 1. The smallest absolute Gasteiger partial charge is 0.273 e. The molecule has 1 saturated carbocycles. The second-order valence-electron chi connectivity index (χ2n) is 8.71. The van der Waals surface area contributed by atoms with E-state index in [1.165, 1.54) is 38.4 Å². The molecule has 1 aromatic rings. The molecule has 1 aliphatic heterocycles. The van der Waals surface area contributed by atoms with Gasteiger partial charge in [-0.05, 0) is 25.2 Å². The van der Waals surface area contributed by atoms with Gasteiger partial charge in [0.25, 0.3) is 5.91 Å². The van der Waals surface area contributed by atoms with E-state index in [1.54, 1.807) is 0 Å². The molecule has 2 N–H and O–H groups in total. The summed E-state index contributed by atoms with van der Waals surface area (Å²) in [5, 5.41) is 13.1. The van der Waals surface area contributed by atoms with Gasteiger partial charge in [0.15, 0.2) is 5.69 Å². The van der Waals surface area contributed by atoms with Crippen molar-refractivity contribution >= 4 is 5.91 Å². The standard InChI is InChI=1S/C22H38N4O3/c1-2-3-9-19(27)15-25-10-12-26(13-11-25)16-21-24-20(17-29-21)22(28)23-14-18-7-5-4-6-8-18/h17-19,27H,2-16H2,1H3,(H,23,28)/t19-/m0/s1. The number of aliphatic hydroxyl groups is 1. The molecule has 0 bridgehead atoms. The van der Waals surface area contributed by atoms with E-state index >= 15 is 0 Å². The quantitative estimate of drug-likeness (QED) is 0.622. The lowest BCUT2D eigenvalue weighted by molar-refractivity contribution is 0.0627. The SMILES string of the molecule is CCCC[C@H](O)CN1CCN(Cc2nc(C(=O)NCC3CCCCC3)co2)CC1. The van der Waals surface area contributed by atoms with Crippen molar-refractivity contribution in [3.05, 3.63) is 17.8 Å². The van der Waals surface area contributed by atoms with Gasteiger partial charge in [0.05, 0.1) is 12.6 Å². The van der Waals surface area contributed by atoms with Crippen LogP contribution in [-0.2, 0) is 6.54 Å². The third-order valence-corrected chi connectivity index (χ3v) is 6.24. The van der Waals surface area contributed by atoms with Gasteiger partial charge in [-0.1, -0.05) is 39.0 Å². The van der Waals surface area contributed by atoms with Crippen LogP contribution in [0.4, 0.5) is 0 Å². The number of rotatable bonds is 10. The Hall–Kier alpha value is -1.44. The Morgan fingerprint density at radius 1 is 1.24 bits per heavy atom. The van der Waals surface area contributed by atoms with Crippen LogP contribution >= 0.6 is 0 Å². The van der Waals surface area contributed by atoms with Gasteiger partial charge in [-0.25, -0.2) is 4.98 Å². The van der Waals surface area contributed by atoms with Crippen molar-refractivity contribution in [1.82, 2.24) is 20.1 Å². The average Bonchev–Trinajstić information content (AvgIpc) is 3.21. The van der Waals surface area contributed by atoms with Crippen molar-refractivity contribution in [2.75, 3.05) is 39.3 Å². The molecular weight excluding hydrogens is 368 g/mol. The van der Waals surface area contributed by atoms with Crippen LogP contribution in [0.1, 0.15) is 74.7 Å². The first-order valence-electron chi connectivity index (χ1n) is 11.5. The fraction of sp³-hybridized carbons (Fsp3) is 0.818. The Kier molecular flexibility index (Phi) is 8.95. The van der Waals surface area contributed by atoms with Gasteiger partial charge in [-0.2, -0.15) is 0 Å². The average molecular weight is 407 g/mol. The van der Waals surface area contributed by atoms with Crippen molar-refractivity contribution in [3.63, 3.8) is 0 Å². The van der Waals surface area contributed by atoms with E-state index in [1.807, 2.05) is 0 Å². The molecule has 2 fully saturated rings. The minimum atomic E-state index is -0.220. The Balaban J connectivity index is 1.36. The van der Waals surface area contributed by atoms with Crippen molar-refractivity contribution in [3.8, 4) is 0 Å². The maximum Gasteiger partial charge on any atom is 0.273 e. The molecule has 1 saturated heterocycles. The highest BCUT2D eigenvalue weighted by Gasteiger charge is 2.22. The number of unbranched alkanes of at least 4 members (excludes halogenated alkanes) is 1. The Labute approximate surface area is 174 Å². The van der Waals surface area contributed by atoms with Crippen LogP contribution in [0.2, 0.25) is 0 Å². The molecule has 7 heteroatoms. The van der Waals surface area contributed by atoms with E-state index in [2.05, 4.69) is 27.0 Å². The minimum absolute atomic E-state index is 0.128. The van der Waals surface area contributed by atoms with Gasteiger partial charge < -0.3 is 14.8 Å². The van der Waals surface area contributed by atoms with Crippen molar-refractivity contribution in [2.24, 2.45) is 5.92 Å². The lowest BCUT2D eigenvalue weighted by atomic mass is 9.89. The van der Waals surface area contributed by atoms with Crippen LogP contribution in [-0.4, -0.2) is 71.2 Å². The number of carbonyl (C=O) groups excluding carboxylic acids is 1. The fourth-order valence-corrected chi connectivity index (χ4v) is 4.36. The van der Waals surface area contributed by atoms with Crippen LogP contribution in [0.3, 0.4) is 0 Å². The number of carbonyl (C=O) groups is 1. The largest absolute Gasteiger partial charge is 0.447 e. The van der Waals surface area contributed by atoms with Crippen molar-refractivity contribution < 1.29 is 14.3 Å². The van der Waals surface area contributed by atoms with Crippen molar-refractivity contribution in [1.29, 1.82) is 0 Å². The van der Waals surface area contributed by atoms with E-state index in [4.69, 9.17) is 4.42 Å². The maximum atomic E-state index is 12.3. The molecule has 3 rings (SSSR count). The molecule has 2 aliphatic rings. The summed E-state index contributed by atoms with van der Waals surface area (Å²) in [7, 11) is 0. The molecule has 164 valence electrons. The third-order valence-electron chi connectivity index (χ3n) is 6.24. The van der Waals surface area contributed by atoms with E-state index < -0.39 is 0 Å². The first-order chi connectivity index (χ1) is 14.1. The summed E-state index contributed by atoms with van der Waals surface area (Å²) in [4.78, 5) is 21.4. The molecule has 7 nitrogen and oxygen atoms in total. The van der Waals surface area contributed by atoms with Gasteiger partial charge in [-0.3, -0.25) is 14.6 Å². The molecule has 0 radical (unpaired) electrons. The zero-order valence-corrected chi connectivity index (χ0v) is 17.9. The van der Waals surface area contributed by atoms with Crippen LogP contribution in [0.25, 0.3) is 0 Å². The normalized spacial score (nSPS) is 20.6. The maximum absolute atomic E-state index is 12.3. The van der Waals surface area contributed by atoms with Gasteiger partial charge in [0.2, 0.25) is 5.89 Å². The van der Waals surface area contributed by atoms with Gasteiger partial charge in [-0.15, -0.1) is 0 Å². The van der Waals surface area contributed by atoms with Crippen molar-refractivity contribution in [2.45, 2.75) is 70.9 Å². The molecule has 1 amide bonds. The molecule has 0 spiro atoms. The molecular formula is C22H38N4O3. The molecule has 0 unspecified atom stereocenters. The third kappa shape index (κ3) is 7.39. The Morgan fingerprint density at radius 2 is 1.97 bits per heavy atom. The van der Waals surface area contributed by atoms with Gasteiger partial charge >= 0.3 is 0 Å². The van der Waals surface area contributed by atoms with Crippen LogP contribution in [0.15, 0.2) is 10.7 Å². The zero-order chi connectivity index (χ0) is 20.5. The molecule has 0 aromatic carbocycles. The summed E-state index contributed by atoms with van der Waals surface area (Å²) >= 11 is 0. The number of piperazine rings is 1. The Bertz CT molecular complexity index is 607. The second kappa shape index (κ2) is 11.7. The number of hydrogen-bond donors (Lipinski definition) is 2. The van der Waals surface area contributed by atoms with E-state index in [0.717, 1.165) is 58.5 Å². The summed E-state index contributed by atoms with van der Waals surface area (Å²) in [6.07, 6.45) is 10.7. The number of amides is 1. The minimum Gasteiger partial charge on any atom is -0.447 e. The fourth-order valence-electron chi connectivity index (χ4n) is 4.36. The molecule has 1 aromatic heterocycles. The lowest BCUT2D eigenvalue weighted by Crippen LogP contribution is -2.48. The summed E-state index contributed by atoms with van der Waals surface area (Å²) < 4.78 is 5.55. The highest BCUT2D eigenvalue weighted by molar-refractivity contribution is 5.91. The zero-order valence-electron chi connectivity index (χ0n) is 17.9. The van der Waals surface area contributed by atoms with Crippen LogP contribution in [0.5, 0.6) is 0 Å². The summed E-state index contributed by atoms with van der Waals surface area (Å²) in [5.74, 6) is 1.08. The van der Waals surface area contributed by atoms with E-state index in [0.29, 0.717) is 24.0 Å². The van der Waals surface area contributed by atoms with Gasteiger partial charge in [0, 0.05) is 39.3 Å². The van der Waals surface area contributed by atoms with Crippen LogP contribution < -0.4 is 5.32 Å². The highest BCUT2D eigenvalue weighted by atomic mass is 16.3. The monoisotopic (exact) mass is 406 g/mol. The lowest BCUT2D eigenvalue weighted by Gasteiger charge is -2.35. The number of nitrogens with zero attached hydrogens (tertiary/aromatic N) is 3. The van der Waals surface area contributed by atoms with E-state index in [9.17, 15) is 9.90 Å². The topological polar surface area (TPSA) is 81.8 Å². The first kappa shape index (κ1) is 22.2. The molecule has 29 heavy (non-hydrogen) atoms. The predicted molar refractivity (Wildman–Crippen MR) is 113 cm³/mol. The number of hydrogen-bond acceptors (Lipinski definition) is 6. The predicted octanol–water partition coefficient (Wildman–Crippen LogP) is 2.65. The van der Waals surface area contributed by atoms with Crippen LogP contribution in [0, 0.1) is 5.92 Å². The number of β-amino-alcohol motifs (C(OH)–C–C–N with tert-alkyl or cyclic N) is 1. The highest BCUT2D eigenvalue weighted by Crippen LogP contribution is 2.22. The number of aliphatic hydroxyl groups excluding tert-OH is 1. The van der Waals surface area contributed by atoms with E-state index in [-0.39, 0.29) is 12.0 Å². The van der Waals surface area contributed by atoms with Gasteiger partial charge in [0.1, 0.15) is 6.26 Å². The number of oxazole rings is 1. The molecule has 2 heterocycles. The Morgan fingerprint density at radius 3 is 2.69 bits per heavy atom. The molecule has 1 atom stereocenters. The molecule has 1 aliphatic carbocycles. The summed E-state index contributed by atoms with van der Waals surface area (Å²) in [6.45, 7) is 8.02. The first-order valence-corrected chi connectivity index (χ1v) is 11.5. The second-order valence-corrected chi connectivity index (χ2v) is 8.71. The summed E-state index contributed by atoms with van der Waals surface area (Å²) in [5.41, 5.74) is 0.383.